The van der Waals surface area contributed by atoms with E-state index in [9.17, 15) is 4.79 Å². The molecule has 0 saturated carbocycles. The van der Waals surface area contributed by atoms with Gasteiger partial charge < -0.3 is 5.32 Å². The van der Waals surface area contributed by atoms with E-state index in [4.69, 9.17) is 34.8 Å². The Kier molecular flexibility index (Phi) is 6.83. The molecule has 0 radical (unpaired) electrons. The molecule has 0 spiro atoms. The number of carbonyl (C=O) groups excluding carboxylic acids is 1. The van der Waals surface area contributed by atoms with Gasteiger partial charge in [-0.1, -0.05) is 29.3 Å². The third kappa shape index (κ3) is 5.05. The van der Waals surface area contributed by atoms with E-state index < -0.39 is 0 Å². The first-order chi connectivity index (χ1) is 8.54. The molecule has 0 aliphatic heterocycles. The fraction of sp³-hybridized carbons (Fsp3) is 0.462. The molecule has 0 aliphatic carbocycles. The zero-order valence-electron chi connectivity index (χ0n) is 10.2. The summed E-state index contributed by atoms with van der Waals surface area (Å²) in [6.45, 7) is 1.90. The van der Waals surface area contributed by atoms with Crippen LogP contribution in [0, 0.1) is 0 Å². The molecule has 0 aliphatic rings. The topological polar surface area (TPSA) is 29.1 Å². The zero-order chi connectivity index (χ0) is 13.5. The predicted molar refractivity (Wildman–Crippen MR) is 77.6 cm³/mol. The van der Waals surface area contributed by atoms with E-state index in [0.717, 1.165) is 18.4 Å². The molecule has 1 rings (SSSR count). The molecule has 2 nitrogen and oxygen atoms in total. The number of hydrogen-bond donors (Lipinski definition) is 1. The molecule has 18 heavy (non-hydrogen) atoms. The number of nitrogens with one attached hydrogen (secondary N) is 1. The molecule has 0 heterocycles. The quantitative estimate of drug-likeness (QED) is 0.605. The Balaban J connectivity index is 2.54. The second-order valence-corrected chi connectivity index (χ2v) is 5.32. The third-order valence-corrected chi connectivity index (χ3v) is 3.42. The van der Waals surface area contributed by atoms with Crippen molar-refractivity contribution in [1.82, 2.24) is 5.32 Å². The lowest BCUT2D eigenvalue weighted by Gasteiger charge is -2.15. The van der Waals surface area contributed by atoms with Crippen molar-refractivity contribution < 1.29 is 4.79 Å². The van der Waals surface area contributed by atoms with Gasteiger partial charge in [0.1, 0.15) is 0 Å². The lowest BCUT2D eigenvalue weighted by molar-refractivity contribution is -0.121. The number of unbranched alkanes of at least 4 members (excludes halogenated alkanes) is 1. The van der Waals surface area contributed by atoms with E-state index >= 15 is 0 Å². The maximum atomic E-state index is 11.7. The monoisotopic (exact) mass is 307 g/mol. The van der Waals surface area contributed by atoms with Crippen LogP contribution in [-0.2, 0) is 4.79 Å². The third-order valence-electron chi connectivity index (χ3n) is 2.59. The maximum absolute atomic E-state index is 11.7. The van der Waals surface area contributed by atoms with Gasteiger partial charge in [-0.2, -0.15) is 0 Å². The standard InChI is InChI=1S/C13H16Cl3NO/c1-9(17-13(18)4-2-3-7-14)11-6-5-10(15)8-12(11)16/h5-6,8-9H,2-4,7H2,1H3,(H,17,18). The van der Waals surface area contributed by atoms with E-state index in [0.29, 0.717) is 22.3 Å². The number of benzene rings is 1. The molecule has 1 unspecified atom stereocenters. The highest BCUT2D eigenvalue weighted by Gasteiger charge is 2.12. The van der Waals surface area contributed by atoms with Crippen LogP contribution in [0.1, 0.15) is 37.8 Å². The van der Waals surface area contributed by atoms with Gasteiger partial charge in [-0.25, -0.2) is 0 Å². The Hall–Kier alpha value is -0.440. The van der Waals surface area contributed by atoms with Crippen molar-refractivity contribution in [2.75, 3.05) is 5.88 Å². The first kappa shape index (κ1) is 15.6. The van der Waals surface area contributed by atoms with Gasteiger partial charge in [-0.3, -0.25) is 4.79 Å². The number of carbonyl (C=O) groups is 1. The van der Waals surface area contributed by atoms with Crippen molar-refractivity contribution in [1.29, 1.82) is 0 Å². The summed E-state index contributed by atoms with van der Waals surface area (Å²) in [6.07, 6.45) is 2.14. The van der Waals surface area contributed by atoms with Gasteiger partial charge in [0.25, 0.3) is 0 Å². The highest BCUT2D eigenvalue weighted by molar-refractivity contribution is 6.35. The summed E-state index contributed by atoms with van der Waals surface area (Å²) in [5.41, 5.74) is 0.867. The van der Waals surface area contributed by atoms with Crippen LogP contribution in [0.4, 0.5) is 0 Å². The lowest BCUT2D eigenvalue weighted by Crippen LogP contribution is -2.26. The zero-order valence-corrected chi connectivity index (χ0v) is 12.4. The van der Waals surface area contributed by atoms with Crippen molar-refractivity contribution in [2.45, 2.75) is 32.2 Å². The molecule has 0 bridgehead atoms. The fourth-order valence-electron chi connectivity index (χ4n) is 1.62. The van der Waals surface area contributed by atoms with Crippen LogP contribution in [0.25, 0.3) is 0 Å². The van der Waals surface area contributed by atoms with Crippen LogP contribution < -0.4 is 5.32 Å². The highest BCUT2D eigenvalue weighted by atomic mass is 35.5. The van der Waals surface area contributed by atoms with Crippen LogP contribution in [0.15, 0.2) is 18.2 Å². The fourth-order valence-corrected chi connectivity index (χ4v) is 2.39. The predicted octanol–water partition coefficient (Wildman–Crippen LogP) is 4.58. The van der Waals surface area contributed by atoms with Gasteiger partial charge in [0.2, 0.25) is 5.91 Å². The van der Waals surface area contributed by atoms with Crippen molar-refractivity contribution in [3.8, 4) is 0 Å². The summed E-state index contributed by atoms with van der Waals surface area (Å²) < 4.78 is 0. The summed E-state index contributed by atoms with van der Waals surface area (Å²) in [5, 5.41) is 4.06. The summed E-state index contributed by atoms with van der Waals surface area (Å²) in [7, 11) is 0. The van der Waals surface area contributed by atoms with Crippen LogP contribution in [0.3, 0.4) is 0 Å². The van der Waals surface area contributed by atoms with Crippen molar-refractivity contribution in [3.05, 3.63) is 33.8 Å². The van der Waals surface area contributed by atoms with E-state index in [1.807, 2.05) is 13.0 Å². The minimum Gasteiger partial charge on any atom is -0.350 e. The van der Waals surface area contributed by atoms with Crippen LogP contribution in [-0.4, -0.2) is 11.8 Å². The van der Waals surface area contributed by atoms with Gasteiger partial charge in [-0.15, -0.1) is 11.6 Å². The minimum atomic E-state index is -0.127. The number of hydrogen-bond acceptors (Lipinski definition) is 1. The molecule has 1 amide bonds. The molecule has 0 aromatic heterocycles. The largest absolute Gasteiger partial charge is 0.350 e. The normalized spacial score (nSPS) is 12.2. The number of rotatable bonds is 6. The molecule has 1 aromatic rings. The van der Waals surface area contributed by atoms with Gasteiger partial charge in [0.05, 0.1) is 6.04 Å². The molecule has 1 N–H and O–H groups in total. The molecule has 1 aromatic carbocycles. The lowest BCUT2D eigenvalue weighted by atomic mass is 10.1. The Morgan fingerprint density at radius 1 is 1.33 bits per heavy atom. The summed E-state index contributed by atoms with van der Waals surface area (Å²) in [4.78, 5) is 11.7. The van der Waals surface area contributed by atoms with E-state index in [1.165, 1.54) is 0 Å². The van der Waals surface area contributed by atoms with Gasteiger partial charge >= 0.3 is 0 Å². The first-order valence-corrected chi connectivity index (χ1v) is 7.14. The molecule has 100 valence electrons. The van der Waals surface area contributed by atoms with Gasteiger partial charge in [-0.05, 0) is 37.5 Å². The second-order valence-electron chi connectivity index (χ2n) is 4.10. The summed E-state index contributed by atoms with van der Waals surface area (Å²) >= 11 is 17.5. The van der Waals surface area contributed by atoms with Crippen molar-refractivity contribution in [2.24, 2.45) is 0 Å². The SMILES string of the molecule is CC(NC(=O)CCCCCl)c1ccc(Cl)cc1Cl. The average Bonchev–Trinajstić information content (AvgIpc) is 2.28. The Labute approximate surface area is 123 Å². The molecular weight excluding hydrogens is 293 g/mol. The van der Waals surface area contributed by atoms with Crippen molar-refractivity contribution in [3.63, 3.8) is 0 Å². The smallest absolute Gasteiger partial charge is 0.220 e. The number of amides is 1. The molecular formula is C13H16Cl3NO. The molecule has 0 saturated heterocycles. The first-order valence-electron chi connectivity index (χ1n) is 5.85. The Bertz CT molecular complexity index is 409. The Morgan fingerprint density at radius 2 is 2.06 bits per heavy atom. The molecule has 1 atom stereocenters. The maximum Gasteiger partial charge on any atom is 0.220 e. The van der Waals surface area contributed by atoms with E-state index in [1.54, 1.807) is 12.1 Å². The second kappa shape index (κ2) is 7.88. The van der Waals surface area contributed by atoms with E-state index in [-0.39, 0.29) is 11.9 Å². The number of halogens is 3. The average molecular weight is 309 g/mol. The van der Waals surface area contributed by atoms with Crippen LogP contribution in [0.2, 0.25) is 10.0 Å². The summed E-state index contributed by atoms with van der Waals surface area (Å²) in [5.74, 6) is 0.602. The van der Waals surface area contributed by atoms with E-state index in [2.05, 4.69) is 5.32 Å². The van der Waals surface area contributed by atoms with Crippen molar-refractivity contribution >= 4 is 40.7 Å². The van der Waals surface area contributed by atoms with Crippen LogP contribution in [0.5, 0.6) is 0 Å². The van der Waals surface area contributed by atoms with Crippen LogP contribution >= 0.6 is 34.8 Å². The van der Waals surface area contributed by atoms with Gasteiger partial charge in [0, 0.05) is 22.3 Å². The highest BCUT2D eigenvalue weighted by Crippen LogP contribution is 2.26. The summed E-state index contributed by atoms with van der Waals surface area (Å²) in [6, 6.07) is 5.14. The molecule has 5 heteroatoms. The Morgan fingerprint density at radius 3 is 2.67 bits per heavy atom. The van der Waals surface area contributed by atoms with Gasteiger partial charge in [0.15, 0.2) is 0 Å². The molecule has 0 fully saturated rings. The number of alkyl halides is 1. The minimum absolute atomic E-state index is 0.0126.